The van der Waals surface area contributed by atoms with Crippen molar-refractivity contribution in [1.29, 1.82) is 0 Å². The molecular formula is C16H28N6O5. The second kappa shape index (κ2) is 8.71. The van der Waals surface area contributed by atoms with Gasteiger partial charge in [-0.05, 0) is 41.5 Å². The molecule has 0 saturated heterocycles. The van der Waals surface area contributed by atoms with E-state index >= 15 is 0 Å². The van der Waals surface area contributed by atoms with E-state index in [0.717, 1.165) is 0 Å². The molecule has 0 aliphatic carbocycles. The van der Waals surface area contributed by atoms with Gasteiger partial charge < -0.3 is 20.3 Å². The molecule has 0 aliphatic heterocycles. The van der Waals surface area contributed by atoms with Crippen LogP contribution in [0.25, 0.3) is 0 Å². The van der Waals surface area contributed by atoms with Crippen LogP contribution in [0.15, 0.2) is 11.2 Å². The highest BCUT2D eigenvalue weighted by molar-refractivity contribution is 6.02. The number of nitrogens with zero attached hydrogens (tertiary/aromatic N) is 3. The van der Waals surface area contributed by atoms with E-state index in [-0.39, 0.29) is 30.6 Å². The Bertz CT molecular complexity index is 667. The molecule has 0 unspecified atom stereocenters. The van der Waals surface area contributed by atoms with Crippen LogP contribution in [0.1, 0.15) is 41.5 Å². The van der Waals surface area contributed by atoms with Crippen molar-refractivity contribution < 1.29 is 24.2 Å². The molecule has 0 fully saturated rings. The van der Waals surface area contributed by atoms with Crippen LogP contribution in [0, 0.1) is 0 Å². The average Bonchev–Trinajstić information content (AvgIpc) is 2.76. The number of ether oxygens (including phenoxy) is 2. The minimum Gasteiger partial charge on any atom is -0.444 e. The van der Waals surface area contributed by atoms with Crippen molar-refractivity contribution in [3.05, 3.63) is 6.20 Å². The number of nitrogens with one attached hydrogen (secondary N) is 2. The van der Waals surface area contributed by atoms with Crippen LogP contribution >= 0.6 is 0 Å². The minimum absolute atomic E-state index is 0.151. The Hall–Kier alpha value is -2.82. The summed E-state index contributed by atoms with van der Waals surface area (Å²) in [4.78, 5) is 28.2. The fourth-order valence-corrected chi connectivity index (χ4v) is 1.75. The lowest BCUT2D eigenvalue weighted by atomic mass is 10.2. The third kappa shape index (κ3) is 8.40. The standard InChI is InChI=1S/C16H28N6O5/c1-15(2,3)26-13(24)20-12(21-14(25)27-16(4,5)6)19-10-9-18-22(7-8-23)11(10)17/h9,23H,7-8,17H2,1-6H3,(H2,19,20,21,24,25). The number of aliphatic hydroxyl groups is 1. The number of aliphatic hydroxyl groups excluding tert-OH is 1. The van der Waals surface area contributed by atoms with Crippen LogP contribution in [0.4, 0.5) is 21.1 Å². The minimum atomic E-state index is -0.821. The largest absolute Gasteiger partial charge is 0.444 e. The summed E-state index contributed by atoms with van der Waals surface area (Å²) in [6, 6.07) is 0. The van der Waals surface area contributed by atoms with E-state index in [1.54, 1.807) is 41.5 Å². The van der Waals surface area contributed by atoms with Crippen LogP contribution in [0.2, 0.25) is 0 Å². The lowest BCUT2D eigenvalue weighted by Gasteiger charge is -2.22. The van der Waals surface area contributed by atoms with E-state index in [2.05, 4.69) is 20.7 Å². The molecule has 0 radical (unpaired) electrons. The van der Waals surface area contributed by atoms with Gasteiger partial charge in [0.25, 0.3) is 0 Å². The van der Waals surface area contributed by atoms with Crippen molar-refractivity contribution in [2.75, 3.05) is 12.3 Å². The van der Waals surface area contributed by atoms with Crippen molar-refractivity contribution >= 4 is 29.7 Å². The van der Waals surface area contributed by atoms with Crippen LogP contribution < -0.4 is 16.4 Å². The molecule has 0 spiro atoms. The first-order valence-electron chi connectivity index (χ1n) is 8.31. The Morgan fingerprint density at radius 2 is 1.63 bits per heavy atom. The summed E-state index contributed by atoms with van der Waals surface area (Å²) in [5.41, 5.74) is 4.60. The smallest absolute Gasteiger partial charge is 0.414 e. The first-order valence-corrected chi connectivity index (χ1v) is 8.31. The molecule has 0 aliphatic rings. The SMILES string of the molecule is CC(C)(C)OC(=O)NC(=Nc1cnn(CCO)c1N)NC(=O)OC(C)(C)C. The van der Waals surface area contributed by atoms with E-state index in [4.69, 9.17) is 20.3 Å². The highest BCUT2D eigenvalue weighted by Gasteiger charge is 2.22. The molecule has 11 nitrogen and oxygen atoms in total. The summed E-state index contributed by atoms with van der Waals surface area (Å²) >= 11 is 0. The number of aromatic nitrogens is 2. The number of hydrogen-bond acceptors (Lipinski definition) is 8. The zero-order valence-corrected chi connectivity index (χ0v) is 16.5. The number of nitrogen functional groups attached to an aromatic ring is 1. The number of aliphatic imine (C=N–C) groups is 1. The van der Waals surface area contributed by atoms with Crippen LogP contribution in [0.5, 0.6) is 0 Å². The Balaban J connectivity index is 3.05. The molecule has 0 bridgehead atoms. The third-order valence-corrected chi connectivity index (χ3v) is 2.64. The Morgan fingerprint density at radius 1 is 1.15 bits per heavy atom. The van der Waals surface area contributed by atoms with Crippen molar-refractivity contribution in [2.45, 2.75) is 59.3 Å². The van der Waals surface area contributed by atoms with Gasteiger partial charge in [0.1, 0.15) is 22.7 Å². The quantitative estimate of drug-likeness (QED) is 0.455. The van der Waals surface area contributed by atoms with Gasteiger partial charge in [-0.1, -0.05) is 0 Å². The van der Waals surface area contributed by atoms with E-state index in [0.29, 0.717) is 0 Å². The molecule has 0 atom stereocenters. The highest BCUT2D eigenvalue weighted by atomic mass is 16.6. The number of nitrogens with two attached hydrogens (primary N) is 1. The Kier molecular flexibility index (Phi) is 7.17. The second-order valence-electron chi connectivity index (χ2n) is 7.58. The molecule has 1 heterocycles. The summed E-state index contributed by atoms with van der Waals surface area (Å²) in [6.45, 7) is 10.2. The molecule has 1 aromatic rings. The number of carbonyl (C=O) groups excluding carboxylic acids is 2. The third-order valence-electron chi connectivity index (χ3n) is 2.64. The van der Waals surface area contributed by atoms with Gasteiger partial charge in [0.2, 0.25) is 5.96 Å². The van der Waals surface area contributed by atoms with E-state index in [1.807, 2.05) is 0 Å². The van der Waals surface area contributed by atoms with Gasteiger partial charge in [0.05, 0.1) is 19.3 Å². The number of rotatable bonds is 3. The fraction of sp³-hybridized carbons (Fsp3) is 0.625. The van der Waals surface area contributed by atoms with Crippen LogP contribution in [-0.4, -0.2) is 50.8 Å². The van der Waals surface area contributed by atoms with Gasteiger partial charge in [0, 0.05) is 0 Å². The van der Waals surface area contributed by atoms with Gasteiger partial charge in [0.15, 0.2) is 0 Å². The van der Waals surface area contributed by atoms with E-state index in [1.165, 1.54) is 10.9 Å². The molecule has 1 rings (SSSR count). The van der Waals surface area contributed by atoms with E-state index < -0.39 is 23.4 Å². The maximum absolute atomic E-state index is 12.0. The number of guanidine groups is 1. The highest BCUT2D eigenvalue weighted by Crippen LogP contribution is 2.20. The maximum Gasteiger partial charge on any atom is 0.414 e. The van der Waals surface area contributed by atoms with Crippen molar-refractivity contribution in [2.24, 2.45) is 4.99 Å². The van der Waals surface area contributed by atoms with E-state index in [9.17, 15) is 9.59 Å². The number of carbonyl (C=O) groups is 2. The predicted molar refractivity (Wildman–Crippen MR) is 99.6 cm³/mol. The van der Waals surface area contributed by atoms with Gasteiger partial charge in [-0.2, -0.15) is 5.10 Å². The summed E-state index contributed by atoms with van der Waals surface area (Å²) in [5.74, 6) is -0.0905. The number of hydrogen-bond donors (Lipinski definition) is 4. The topological polar surface area (TPSA) is 153 Å². The van der Waals surface area contributed by atoms with Gasteiger partial charge in [-0.3, -0.25) is 10.6 Å². The maximum atomic E-state index is 12.0. The lowest BCUT2D eigenvalue weighted by Crippen LogP contribution is -2.47. The van der Waals surface area contributed by atoms with Crippen molar-refractivity contribution in [3.63, 3.8) is 0 Å². The van der Waals surface area contributed by atoms with Crippen molar-refractivity contribution in [1.82, 2.24) is 20.4 Å². The average molecular weight is 384 g/mol. The molecule has 0 aromatic carbocycles. The summed E-state index contributed by atoms with van der Waals surface area (Å²) < 4.78 is 11.6. The van der Waals surface area contributed by atoms with Gasteiger partial charge in [-0.25, -0.2) is 19.3 Å². The first-order chi connectivity index (χ1) is 12.3. The van der Waals surface area contributed by atoms with Crippen LogP contribution in [0.3, 0.4) is 0 Å². The van der Waals surface area contributed by atoms with Gasteiger partial charge in [-0.15, -0.1) is 0 Å². The summed E-state index contributed by atoms with van der Waals surface area (Å²) in [7, 11) is 0. The Morgan fingerprint density at radius 3 is 2.04 bits per heavy atom. The number of anilines is 1. The molecule has 2 amide bonds. The van der Waals surface area contributed by atoms with Crippen LogP contribution in [-0.2, 0) is 16.0 Å². The zero-order valence-electron chi connectivity index (χ0n) is 16.5. The lowest BCUT2D eigenvalue weighted by molar-refractivity contribution is 0.0545. The molecule has 1 aromatic heterocycles. The molecular weight excluding hydrogens is 356 g/mol. The summed E-state index contributed by atoms with van der Waals surface area (Å²) in [5, 5.41) is 17.6. The summed E-state index contributed by atoms with van der Waals surface area (Å²) in [6.07, 6.45) is -0.310. The van der Waals surface area contributed by atoms with Gasteiger partial charge >= 0.3 is 12.2 Å². The molecule has 27 heavy (non-hydrogen) atoms. The molecule has 152 valence electrons. The molecule has 11 heteroatoms. The molecule has 0 saturated carbocycles. The zero-order chi connectivity index (χ0) is 20.8. The Labute approximate surface area is 157 Å². The normalized spacial score (nSPS) is 11.5. The predicted octanol–water partition coefficient (Wildman–Crippen LogP) is 1.49. The second-order valence-corrected chi connectivity index (χ2v) is 7.58. The molecule has 5 N–H and O–H groups in total. The van der Waals surface area contributed by atoms with Crippen molar-refractivity contribution in [3.8, 4) is 0 Å². The monoisotopic (exact) mass is 384 g/mol. The first kappa shape index (κ1) is 22.2. The number of amides is 2. The number of alkyl carbamates (subject to hydrolysis) is 2. The fourth-order valence-electron chi connectivity index (χ4n) is 1.75.